The van der Waals surface area contributed by atoms with E-state index in [4.69, 9.17) is 0 Å². The largest absolute Gasteiger partial charge is 0.158 e. The van der Waals surface area contributed by atoms with E-state index in [0.29, 0.717) is 0 Å². The maximum absolute atomic E-state index is 3.72. The van der Waals surface area contributed by atoms with Crippen LogP contribution in [0.5, 0.6) is 0 Å². The van der Waals surface area contributed by atoms with Crippen LogP contribution in [0.3, 0.4) is 0 Å². The van der Waals surface area contributed by atoms with Gasteiger partial charge < -0.3 is 0 Å². The molecule has 1 saturated heterocycles. The molecule has 0 spiro atoms. The van der Waals surface area contributed by atoms with Crippen LogP contribution in [0, 0.1) is 0 Å². The van der Waals surface area contributed by atoms with Gasteiger partial charge in [-0.2, -0.15) is 35.3 Å². The normalized spacial score (nSPS) is 22.7. The lowest BCUT2D eigenvalue weighted by Gasteiger charge is -2.09. The van der Waals surface area contributed by atoms with Crippen molar-refractivity contribution in [2.45, 2.75) is 23.8 Å². The van der Waals surface area contributed by atoms with E-state index in [1.54, 1.807) is 0 Å². The minimum atomic E-state index is 0.846. The molecule has 1 rings (SSSR count). The van der Waals surface area contributed by atoms with E-state index in [0.717, 1.165) is 16.3 Å². The van der Waals surface area contributed by atoms with Crippen molar-refractivity contribution in [1.29, 1.82) is 0 Å². The fourth-order valence-corrected chi connectivity index (χ4v) is 3.91. The van der Waals surface area contributed by atoms with E-state index < -0.39 is 0 Å². The highest BCUT2D eigenvalue weighted by atomic mass is 32.2. The quantitative estimate of drug-likeness (QED) is 0.358. The highest BCUT2D eigenvalue weighted by Crippen LogP contribution is 2.34. The third kappa shape index (κ3) is 6.81. The van der Waals surface area contributed by atoms with Gasteiger partial charge in [-0.25, -0.2) is 0 Å². The van der Waals surface area contributed by atoms with Gasteiger partial charge in [-0.15, -0.1) is 6.58 Å². The topological polar surface area (TPSA) is 0 Å². The van der Waals surface area contributed by atoms with Crippen molar-refractivity contribution in [2.75, 3.05) is 23.0 Å². The molecule has 0 aliphatic carbocycles. The van der Waals surface area contributed by atoms with E-state index >= 15 is 0 Å². The predicted molar refractivity (Wildman–Crippen MR) is 70.3 cm³/mol. The summed E-state index contributed by atoms with van der Waals surface area (Å²) in [5.41, 5.74) is 0. The Morgan fingerprint density at radius 1 is 1.69 bits per heavy atom. The predicted octanol–water partition coefficient (Wildman–Crippen LogP) is 3.53. The first-order chi connectivity index (χ1) is 6.33. The highest BCUT2D eigenvalue weighted by molar-refractivity contribution is 8.08. The Morgan fingerprint density at radius 2 is 2.46 bits per heavy atom. The Bertz CT molecular complexity index is 143. The van der Waals surface area contributed by atoms with Gasteiger partial charge in [0.1, 0.15) is 0 Å². The third-order valence-corrected chi connectivity index (χ3v) is 5.45. The molecule has 0 amide bonds. The van der Waals surface area contributed by atoms with Gasteiger partial charge in [-0.1, -0.05) is 13.0 Å². The lowest BCUT2D eigenvalue weighted by Crippen LogP contribution is -2.01. The summed E-state index contributed by atoms with van der Waals surface area (Å²) in [4.78, 5) is 0. The van der Waals surface area contributed by atoms with Gasteiger partial charge >= 0.3 is 0 Å². The first-order valence-electron chi connectivity index (χ1n) is 4.74. The minimum absolute atomic E-state index is 0.846. The van der Waals surface area contributed by atoms with E-state index in [1.165, 1.54) is 23.7 Å². The lowest BCUT2D eigenvalue weighted by molar-refractivity contribution is 0.916. The van der Waals surface area contributed by atoms with Gasteiger partial charge in [0.2, 0.25) is 0 Å². The SMILES string of the molecule is C=CCSCCC(C)SCC1CS1. The smallest absolute Gasteiger partial charge is 0.0229 e. The second-order valence-electron chi connectivity index (χ2n) is 3.25. The molecular weight excluding hydrogens is 216 g/mol. The molecular formula is C10H18S3. The number of rotatable bonds is 8. The molecule has 1 fully saturated rings. The second kappa shape index (κ2) is 7.13. The van der Waals surface area contributed by atoms with E-state index in [-0.39, 0.29) is 0 Å². The van der Waals surface area contributed by atoms with E-state index in [9.17, 15) is 0 Å². The molecule has 0 aromatic carbocycles. The van der Waals surface area contributed by atoms with Crippen molar-refractivity contribution in [2.24, 2.45) is 0 Å². The Labute approximate surface area is 94.7 Å². The fourth-order valence-electron chi connectivity index (χ4n) is 0.935. The van der Waals surface area contributed by atoms with Crippen molar-refractivity contribution in [3.05, 3.63) is 12.7 Å². The minimum Gasteiger partial charge on any atom is -0.158 e. The van der Waals surface area contributed by atoms with Crippen LogP contribution >= 0.6 is 35.3 Å². The van der Waals surface area contributed by atoms with Crippen molar-refractivity contribution >= 4 is 35.3 Å². The van der Waals surface area contributed by atoms with Gasteiger partial charge in [0.05, 0.1) is 0 Å². The lowest BCUT2D eigenvalue weighted by atomic mass is 10.4. The molecule has 76 valence electrons. The molecule has 2 atom stereocenters. The molecule has 1 heterocycles. The molecule has 0 bridgehead atoms. The van der Waals surface area contributed by atoms with Gasteiger partial charge in [-0.05, 0) is 12.2 Å². The number of thioether (sulfide) groups is 3. The zero-order chi connectivity index (χ0) is 9.52. The molecule has 0 radical (unpaired) electrons. The average molecular weight is 234 g/mol. The summed E-state index contributed by atoms with van der Waals surface area (Å²) in [6, 6.07) is 0. The molecule has 2 unspecified atom stereocenters. The molecule has 3 heteroatoms. The number of hydrogen-bond acceptors (Lipinski definition) is 3. The number of hydrogen-bond donors (Lipinski definition) is 0. The molecule has 1 aliphatic rings. The molecule has 0 aromatic rings. The molecule has 0 aromatic heterocycles. The van der Waals surface area contributed by atoms with Crippen molar-refractivity contribution < 1.29 is 0 Å². The van der Waals surface area contributed by atoms with Crippen molar-refractivity contribution in [3.8, 4) is 0 Å². The maximum atomic E-state index is 3.72. The van der Waals surface area contributed by atoms with Gasteiger partial charge in [0, 0.05) is 27.8 Å². The van der Waals surface area contributed by atoms with Gasteiger partial charge in [0.15, 0.2) is 0 Å². The molecule has 13 heavy (non-hydrogen) atoms. The van der Waals surface area contributed by atoms with Crippen molar-refractivity contribution in [3.63, 3.8) is 0 Å². The molecule has 0 N–H and O–H groups in total. The summed E-state index contributed by atoms with van der Waals surface area (Å²) >= 11 is 6.24. The summed E-state index contributed by atoms with van der Waals surface area (Å²) < 4.78 is 0. The summed E-state index contributed by atoms with van der Waals surface area (Å²) in [5, 5.41) is 1.84. The monoisotopic (exact) mass is 234 g/mol. The fraction of sp³-hybridized carbons (Fsp3) is 0.800. The molecule has 1 aliphatic heterocycles. The zero-order valence-corrected chi connectivity index (χ0v) is 10.6. The second-order valence-corrected chi connectivity index (χ2v) is 7.21. The van der Waals surface area contributed by atoms with Crippen LogP contribution < -0.4 is 0 Å². The first kappa shape index (κ1) is 11.9. The van der Waals surface area contributed by atoms with Crippen LogP contribution in [0.1, 0.15) is 13.3 Å². The summed E-state index contributed by atoms with van der Waals surface area (Å²) in [6.07, 6.45) is 3.34. The van der Waals surface area contributed by atoms with Crippen molar-refractivity contribution in [1.82, 2.24) is 0 Å². The van der Waals surface area contributed by atoms with Crippen LogP contribution in [0.25, 0.3) is 0 Å². The van der Waals surface area contributed by atoms with Gasteiger partial charge in [-0.3, -0.25) is 0 Å². The Morgan fingerprint density at radius 3 is 3.08 bits per heavy atom. The highest BCUT2D eigenvalue weighted by Gasteiger charge is 2.22. The van der Waals surface area contributed by atoms with Gasteiger partial charge in [0.25, 0.3) is 0 Å². The van der Waals surface area contributed by atoms with Crippen LogP contribution in [-0.4, -0.2) is 33.5 Å². The van der Waals surface area contributed by atoms with Crippen LogP contribution in [0.15, 0.2) is 12.7 Å². The van der Waals surface area contributed by atoms with E-state index in [1.807, 2.05) is 17.8 Å². The van der Waals surface area contributed by atoms with Crippen LogP contribution in [0.4, 0.5) is 0 Å². The zero-order valence-electron chi connectivity index (χ0n) is 8.20. The Balaban J connectivity index is 1.84. The maximum Gasteiger partial charge on any atom is 0.0229 e. The average Bonchev–Trinajstić information content (AvgIpc) is 2.92. The third-order valence-electron chi connectivity index (χ3n) is 1.87. The summed E-state index contributed by atoms with van der Waals surface area (Å²) in [7, 11) is 0. The Hall–Kier alpha value is 0.790. The van der Waals surface area contributed by atoms with Crippen LogP contribution in [0.2, 0.25) is 0 Å². The summed E-state index contributed by atoms with van der Waals surface area (Å²) in [6.45, 7) is 6.07. The van der Waals surface area contributed by atoms with E-state index in [2.05, 4.69) is 37.0 Å². The van der Waals surface area contributed by atoms with Crippen LogP contribution in [-0.2, 0) is 0 Å². The first-order valence-corrected chi connectivity index (χ1v) is 8.00. The standard InChI is InChI=1S/C10H18S3/c1-3-5-11-6-4-9(2)12-7-10-8-13-10/h3,9-10H,1,4-8H2,2H3. The molecule has 0 saturated carbocycles. The molecule has 0 nitrogen and oxygen atoms in total. The Kier molecular flexibility index (Phi) is 6.51. The summed E-state index contributed by atoms with van der Waals surface area (Å²) in [5.74, 6) is 5.18.